The quantitative estimate of drug-likeness (QED) is 0.505. The number of benzene rings is 2. The molecule has 0 bridgehead atoms. The summed E-state index contributed by atoms with van der Waals surface area (Å²) in [5, 5.41) is 22.6. The minimum Gasteiger partial charge on any atom is -0.296 e. The monoisotopic (exact) mass is 388 g/mol. The molecule has 0 atom stereocenters. The maximum absolute atomic E-state index is 12.3. The molecule has 0 saturated heterocycles. The number of aryl methyl sites for hydroxylation is 2. The van der Waals surface area contributed by atoms with Crippen molar-refractivity contribution in [2.75, 3.05) is 5.32 Å². The van der Waals surface area contributed by atoms with Gasteiger partial charge in [-0.05, 0) is 24.1 Å². The Kier molecular flexibility index (Phi) is 5.55. The van der Waals surface area contributed by atoms with Crippen molar-refractivity contribution in [2.24, 2.45) is 0 Å². The van der Waals surface area contributed by atoms with Crippen LogP contribution in [0.4, 0.5) is 10.8 Å². The Balaban J connectivity index is 1.64. The second-order valence-electron chi connectivity index (χ2n) is 5.36. The van der Waals surface area contributed by atoms with Crippen LogP contribution in [0.15, 0.2) is 48.5 Å². The van der Waals surface area contributed by atoms with Gasteiger partial charge >= 0.3 is 0 Å². The van der Waals surface area contributed by atoms with Gasteiger partial charge in [0, 0.05) is 18.1 Å². The van der Waals surface area contributed by atoms with Crippen LogP contribution < -0.4 is 5.32 Å². The molecule has 1 N–H and O–H groups in total. The standard InChI is InChI=1S/C17H13ClN4O3S/c18-13-8-7-12(10-14(13)22(24)25)16(23)19-17-21-20-15(26-17)9-6-11-4-2-1-3-5-11/h1-5,7-8,10H,6,9H2,(H,19,21,23). The fraction of sp³-hybridized carbons (Fsp3) is 0.118. The van der Waals surface area contributed by atoms with Gasteiger partial charge < -0.3 is 0 Å². The van der Waals surface area contributed by atoms with Gasteiger partial charge in [-0.2, -0.15) is 0 Å². The summed E-state index contributed by atoms with van der Waals surface area (Å²) in [4.78, 5) is 22.5. The highest BCUT2D eigenvalue weighted by Gasteiger charge is 2.17. The Morgan fingerprint density at radius 2 is 1.92 bits per heavy atom. The molecule has 1 heterocycles. The molecule has 0 saturated carbocycles. The van der Waals surface area contributed by atoms with Gasteiger partial charge in [0.2, 0.25) is 5.13 Å². The van der Waals surface area contributed by atoms with E-state index in [1.807, 2.05) is 30.3 Å². The molecule has 0 unspecified atom stereocenters. The number of rotatable bonds is 6. The molecule has 0 aliphatic rings. The molecule has 2 aromatic carbocycles. The van der Waals surface area contributed by atoms with Crippen LogP contribution in [0, 0.1) is 10.1 Å². The van der Waals surface area contributed by atoms with Crippen LogP contribution in [0.2, 0.25) is 5.02 Å². The molecule has 26 heavy (non-hydrogen) atoms. The van der Waals surface area contributed by atoms with Gasteiger partial charge in [-0.3, -0.25) is 20.2 Å². The van der Waals surface area contributed by atoms with Crippen molar-refractivity contribution >= 4 is 39.7 Å². The minimum atomic E-state index is -0.633. The van der Waals surface area contributed by atoms with Crippen molar-refractivity contribution in [3.05, 3.63) is 79.8 Å². The zero-order chi connectivity index (χ0) is 18.5. The minimum absolute atomic E-state index is 0.0225. The second-order valence-corrected chi connectivity index (χ2v) is 6.83. The van der Waals surface area contributed by atoms with E-state index >= 15 is 0 Å². The van der Waals surface area contributed by atoms with Crippen LogP contribution in [0.25, 0.3) is 0 Å². The van der Waals surface area contributed by atoms with Gasteiger partial charge in [-0.1, -0.05) is 53.3 Å². The average Bonchev–Trinajstić information content (AvgIpc) is 3.08. The van der Waals surface area contributed by atoms with Crippen LogP contribution in [-0.2, 0) is 12.8 Å². The van der Waals surface area contributed by atoms with Gasteiger partial charge in [-0.25, -0.2) is 0 Å². The van der Waals surface area contributed by atoms with Crippen LogP contribution >= 0.6 is 22.9 Å². The Bertz CT molecular complexity index is 946. The first-order chi connectivity index (χ1) is 12.5. The lowest BCUT2D eigenvalue weighted by Crippen LogP contribution is -2.12. The summed E-state index contributed by atoms with van der Waals surface area (Å²) in [6.07, 6.45) is 1.54. The highest BCUT2D eigenvalue weighted by molar-refractivity contribution is 7.15. The van der Waals surface area contributed by atoms with E-state index in [1.165, 1.54) is 29.0 Å². The summed E-state index contributed by atoms with van der Waals surface area (Å²) in [6.45, 7) is 0. The summed E-state index contributed by atoms with van der Waals surface area (Å²) in [5.74, 6) is -0.504. The van der Waals surface area contributed by atoms with E-state index in [9.17, 15) is 14.9 Å². The molecule has 3 rings (SSSR count). The number of hydrogen-bond acceptors (Lipinski definition) is 6. The summed E-state index contributed by atoms with van der Waals surface area (Å²) in [5.41, 5.74) is 1.00. The Morgan fingerprint density at radius 3 is 2.65 bits per heavy atom. The van der Waals surface area contributed by atoms with E-state index in [2.05, 4.69) is 15.5 Å². The summed E-state index contributed by atoms with van der Waals surface area (Å²) in [7, 11) is 0. The van der Waals surface area contributed by atoms with Crippen LogP contribution in [0.1, 0.15) is 20.9 Å². The van der Waals surface area contributed by atoms with Crippen LogP contribution in [0.3, 0.4) is 0 Å². The predicted molar refractivity (Wildman–Crippen MR) is 99.8 cm³/mol. The first-order valence-corrected chi connectivity index (χ1v) is 8.84. The molecule has 0 spiro atoms. The van der Waals surface area contributed by atoms with Crippen molar-refractivity contribution in [3.8, 4) is 0 Å². The maximum Gasteiger partial charge on any atom is 0.288 e. The fourth-order valence-corrected chi connectivity index (χ4v) is 3.19. The number of nitrogens with zero attached hydrogens (tertiary/aromatic N) is 3. The Hall–Kier alpha value is -2.84. The molecule has 1 aromatic heterocycles. The van der Waals surface area contributed by atoms with Gasteiger partial charge in [0.05, 0.1) is 4.92 Å². The lowest BCUT2D eigenvalue weighted by molar-refractivity contribution is -0.384. The Morgan fingerprint density at radius 1 is 1.15 bits per heavy atom. The lowest BCUT2D eigenvalue weighted by atomic mass is 10.1. The van der Waals surface area contributed by atoms with E-state index in [-0.39, 0.29) is 16.3 Å². The lowest BCUT2D eigenvalue weighted by Gasteiger charge is -2.02. The number of nitrogens with one attached hydrogen (secondary N) is 1. The number of halogens is 1. The second kappa shape index (κ2) is 8.03. The maximum atomic E-state index is 12.3. The van der Waals surface area contributed by atoms with Gasteiger partial charge in [0.1, 0.15) is 10.0 Å². The normalized spacial score (nSPS) is 10.5. The molecule has 0 aliphatic heterocycles. The summed E-state index contributed by atoms with van der Waals surface area (Å²) >= 11 is 7.03. The number of carbonyl (C=O) groups is 1. The van der Waals surface area contributed by atoms with E-state index in [4.69, 9.17) is 11.6 Å². The van der Waals surface area contributed by atoms with Crippen LogP contribution in [-0.4, -0.2) is 21.0 Å². The molecule has 7 nitrogen and oxygen atoms in total. The molecule has 0 radical (unpaired) electrons. The number of nitro groups is 1. The molecule has 132 valence electrons. The van der Waals surface area contributed by atoms with Crippen molar-refractivity contribution in [3.63, 3.8) is 0 Å². The summed E-state index contributed by atoms with van der Waals surface area (Å²) < 4.78 is 0. The zero-order valence-electron chi connectivity index (χ0n) is 13.4. The average molecular weight is 389 g/mol. The van der Waals surface area contributed by atoms with Gasteiger partial charge in [0.25, 0.3) is 11.6 Å². The van der Waals surface area contributed by atoms with Crippen molar-refractivity contribution < 1.29 is 9.72 Å². The zero-order valence-corrected chi connectivity index (χ0v) is 15.0. The fourth-order valence-electron chi connectivity index (χ4n) is 2.26. The predicted octanol–water partition coefficient (Wildman–Crippen LogP) is 4.14. The number of amides is 1. The van der Waals surface area contributed by atoms with Crippen molar-refractivity contribution in [2.45, 2.75) is 12.8 Å². The molecular weight excluding hydrogens is 376 g/mol. The number of carbonyl (C=O) groups excluding carboxylic acids is 1. The first kappa shape index (κ1) is 18.0. The Labute approximate surface area is 157 Å². The smallest absolute Gasteiger partial charge is 0.288 e. The highest BCUT2D eigenvalue weighted by Crippen LogP contribution is 2.26. The molecule has 9 heteroatoms. The molecule has 1 amide bonds. The summed E-state index contributed by atoms with van der Waals surface area (Å²) in [6, 6.07) is 13.9. The van der Waals surface area contributed by atoms with Crippen molar-refractivity contribution in [1.29, 1.82) is 0 Å². The van der Waals surface area contributed by atoms with Gasteiger partial charge in [0.15, 0.2) is 0 Å². The third-order valence-corrected chi connectivity index (χ3v) is 4.78. The third-order valence-electron chi connectivity index (χ3n) is 3.56. The number of nitro benzene ring substituents is 1. The third kappa shape index (κ3) is 4.41. The largest absolute Gasteiger partial charge is 0.296 e. The van der Waals surface area contributed by atoms with E-state index < -0.39 is 10.8 Å². The number of anilines is 1. The molecule has 3 aromatic rings. The van der Waals surface area contributed by atoms with E-state index in [0.29, 0.717) is 11.6 Å². The number of aromatic nitrogens is 2. The van der Waals surface area contributed by atoms with Crippen molar-refractivity contribution in [1.82, 2.24) is 10.2 Å². The SMILES string of the molecule is O=C(Nc1nnc(CCc2ccccc2)s1)c1ccc(Cl)c([N+](=O)[O-])c1. The highest BCUT2D eigenvalue weighted by atomic mass is 35.5. The van der Waals surface area contributed by atoms with E-state index in [1.54, 1.807) is 0 Å². The van der Waals surface area contributed by atoms with Gasteiger partial charge in [-0.15, -0.1) is 10.2 Å². The molecule has 0 aliphatic carbocycles. The molecule has 0 fully saturated rings. The molecular formula is C17H13ClN4O3S. The number of hydrogen-bond donors (Lipinski definition) is 1. The van der Waals surface area contributed by atoms with E-state index in [0.717, 1.165) is 17.5 Å². The first-order valence-electron chi connectivity index (χ1n) is 7.64. The topological polar surface area (TPSA) is 98.0 Å². The van der Waals surface area contributed by atoms with Crippen LogP contribution in [0.5, 0.6) is 0 Å².